The summed E-state index contributed by atoms with van der Waals surface area (Å²) in [6, 6.07) is 5.34. The van der Waals surface area contributed by atoms with E-state index in [9.17, 15) is 4.79 Å². The van der Waals surface area contributed by atoms with E-state index in [1.54, 1.807) is 30.1 Å². The zero-order chi connectivity index (χ0) is 16.5. The van der Waals surface area contributed by atoms with E-state index in [2.05, 4.69) is 9.88 Å². The fraction of sp³-hybridized carbons (Fsp3) is 0.500. The van der Waals surface area contributed by atoms with E-state index in [0.717, 1.165) is 24.6 Å². The molecule has 2 aromatic rings. The number of rotatable bonds is 3. The predicted octanol–water partition coefficient (Wildman–Crippen LogP) is 1.85. The van der Waals surface area contributed by atoms with E-state index < -0.39 is 0 Å². The maximum Gasteiger partial charge on any atom is 0.255 e. The third-order valence-corrected chi connectivity index (χ3v) is 5.14. The van der Waals surface area contributed by atoms with Crippen molar-refractivity contribution in [2.24, 2.45) is 13.0 Å². The minimum Gasteiger partial charge on any atom is -0.374 e. The van der Waals surface area contributed by atoms with E-state index in [-0.39, 0.29) is 11.7 Å². The van der Waals surface area contributed by atoms with Crippen molar-refractivity contribution in [3.8, 4) is 11.3 Å². The molecule has 1 aliphatic carbocycles. The smallest absolute Gasteiger partial charge is 0.255 e. The van der Waals surface area contributed by atoms with Gasteiger partial charge in [-0.1, -0.05) is 6.42 Å². The molecule has 3 heterocycles. The maximum atomic E-state index is 12.4. The fourth-order valence-electron chi connectivity index (χ4n) is 3.43. The van der Waals surface area contributed by atoms with Gasteiger partial charge in [0.15, 0.2) is 0 Å². The largest absolute Gasteiger partial charge is 0.374 e. The van der Waals surface area contributed by atoms with Crippen LogP contribution in [0.25, 0.3) is 11.3 Å². The summed E-state index contributed by atoms with van der Waals surface area (Å²) in [5.41, 5.74) is 1.56. The van der Waals surface area contributed by atoms with Crippen molar-refractivity contribution in [2.45, 2.75) is 25.4 Å². The third kappa shape index (κ3) is 2.82. The lowest BCUT2D eigenvalue weighted by Crippen LogP contribution is -2.49. The molecule has 0 aromatic carbocycles. The molecule has 6 heteroatoms. The van der Waals surface area contributed by atoms with Crippen molar-refractivity contribution in [1.29, 1.82) is 0 Å². The van der Waals surface area contributed by atoms with Crippen LogP contribution in [0.15, 0.2) is 35.4 Å². The summed E-state index contributed by atoms with van der Waals surface area (Å²) in [6.07, 6.45) is 7.50. The minimum atomic E-state index is -0.0431. The van der Waals surface area contributed by atoms with Gasteiger partial charge in [-0.3, -0.25) is 14.3 Å². The molecular weight excluding hydrogens is 304 g/mol. The molecule has 2 aromatic heterocycles. The van der Waals surface area contributed by atoms with Crippen LogP contribution in [0.1, 0.15) is 19.3 Å². The average Bonchev–Trinajstić information content (AvgIpc) is 2.57. The predicted molar refractivity (Wildman–Crippen MR) is 92.0 cm³/mol. The van der Waals surface area contributed by atoms with Crippen LogP contribution in [0.3, 0.4) is 0 Å². The molecule has 1 unspecified atom stereocenters. The first kappa shape index (κ1) is 15.3. The van der Waals surface area contributed by atoms with Gasteiger partial charge in [0.25, 0.3) is 5.56 Å². The first-order chi connectivity index (χ1) is 11.7. The van der Waals surface area contributed by atoms with Crippen LogP contribution in [-0.4, -0.2) is 40.3 Å². The van der Waals surface area contributed by atoms with Gasteiger partial charge in [-0.05, 0) is 30.9 Å². The number of ether oxygens (including phenoxy) is 1. The molecule has 0 spiro atoms. The second-order valence-electron chi connectivity index (χ2n) is 6.62. The first-order valence-corrected chi connectivity index (χ1v) is 8.57. The number of pyridine rings is 1. The second-order valence-corrected chi connectivity index (χ2v) is 6.62. The van der Waals surface area contributed by atoms with Crippen molar-refractivity contribution in [1.82, 2.24) is 14.5 Å². The standard InChI is InChI=1S/C18H22N4O2/c1-21-17(23)11-15(13-5-7-19-8-6-13)20-18(21)22-9-10-24-16(12-22)14-3-2-4-14/h5-8,11,14,16H,2-4,9-10,12H2,1H3. The van der Waals surface area contributed by atoms with Crippen molar-refractivity contribution in [2.75, 3.05) is 24.6 Å². The van der Waals surface area contributed by atoms with Gasteiger partial charge in [-0.25, -0.2) is 4.98 Å². The fourth-order valence-corrected chi connectivity index (χ4v) is 3.43. The Morgan fingerprint density at radius 1 is 1.25 bits per heavy atom. The molecule has 1 saturated carbocycles. The Labute approximate surface area is 141 Å². The lowest BCUT2D eigenvalue weighted by atomic mass is 9.80. The Morgan fingerprint density at radius 2 is 2.04 bits per heavy atom. The van der Waals surface area contributed by atoms with Crippen molar-refractivity contribution >= 4 is 5.95 Å². The highest BCUT2D eigenvalue weighted by atomic mass is 16.5. The van der Waals surface area contributed by atoms with Crippen LogP contribution in [0, 0.1) is 5.92 Å². The summed E-state index contributed by atoms with van der Waals surface area (Å²) in [4.78, 5) is 23.4. The van der Waals surface area contributed by atoms with Gasteiger partial charge in [0.1, 0.15) is 0 Å². The molecule has 6 nitrogen and oxygen atoms in total. The average molecular weight is 326 g/mol. The zero-order valence-electron chi connectivity index (χ0n) is 13.9. The molecule has 4 rings (SSSR count). The van der Waals surface area contributed by atoms with Crippen LogP contribution in [0.2, 0.25) is 0 Å². The number of hydrogen-bond donors (Lipinski definition) is 0. The van der Waals surface area contributed by atoms with Gasteiger partial charge < -0.3 is 9.64 Å². The molecule has 2 fully saturated rings. The summed E-state index contributed by atoms with van der Waals surface area (Å²) in [6.45, 7) is 2.27. The molecule has 24 heavy (non-hydrogen) atoms. The van der Waals surface area contributed by atoms with Crippen molar-refractivity contribution in [3.63, 3.8) is 0 Å². The third-order valence-electron chi connectivity index (χ3n) is 5.14. The monoisotopic (exact) mass is 326 g/mol. The van der Waals surface area contributed by atoms with Gasteiger partial charge >= 0.3 is 0 Å². The minimum absolute atomic E-state index is 0.0431. The Morgan fingerprint density at radius 3 is 2.75 bits per heavy atom. The number of nitrogens with zero attached hydrogens (tertiary/aromatic N) is 4. The van der Waals surface area contributed by atoms with Crippen LogP contribution in [0.4, 0.5) is 5.95 Å². The molecule has 2 aliphatic rings. The summed E-state index contributed by atoms with van der Waals surface area (Å²) in [7, 11) is 1.79. The molecule has 1 saturated heterocycles. The summed E-state index contributed by atoms with van der Waals surface area (Å²) >= 11 is 0. The number of hydrogen-bond acceptors (Lipinski definition) is 5. The molecular formula is C18H22N4O2. The first-order valence-electron chi connectivity index (χ1n) is 8.57. The van der Waals surface area contributed by atoms with Crippen LogP contribution < -0.4 is 10.5 Å². The van der Waals surface area contributed by atoms with Crippen LogP contribution in [0.5, 0.6) is 0 Å². The lowest BCUT2D eigenvalue weighted by Gasteiger charge is -2.41. The molecule has 0 bridgehead atoms. The highest BCUT2D eigenvalue weighted by molar-refractivity contribution is 5.59. The normalized spacial score (nSPS) is 21.5. The molecule has 1 aliphatic heterocycles. The summed E-state index contributed by atoms with van der Waals surface area (Å²) in [5, 5.41) is 0. The van der Waals surface area contributed by atoms with Gasteiger partial charge in [0.05, 0.1) is 18.4 Å². The molecule has 1 atom stereocenters. The van der Waals surface area contributed by atoms with Crippen molar-refractivity contribution in [3.05, 3.63) is 40.9 Å². The van der Waals surface area contributed by atoms with Gasteiger partial charge in [-0.2, -0.15) is 0 Å². The van der Waals surface area contributed by atoms with Gasteiger partial charge in [-0.15, -0.1) is 0 Å². The Bertz CT molecular complexity index is 770. The van der Waals surface area contributed by atoms with E-state index in [4.69, 9.17) is 9.72 Å². The zero-order valence-corrected chi connectivity index (χ0v) is 13.9. The lowest BCUT2D eigenvalue weighted by molar-refractivity contribution is -0.0229. The molecule has 126 valence electrons. The van der Waals surface area contributed by atoms with E-state index >= 15 is 0 Å². The number of anilines is 1. The molecule has 0 amide bonds. The Kier molecular flexibility index (Phi) is 4.06. The quantitative estimate of drug-likeness (QED) is 0.861. The summed E-state index contributed by atoms with van der Waals surface area (Å²) < 4.78 is 7.59. The van der Waals surface area contributed by atoms with Gasteiger partial charge in [0.2, 0.25) is 5.95 Å². The van der Waals surface area contributed by atoms with E-state index in [1.807, 2.05) is 12.1 Å². The highest BCUT2D eigenvalue weighted by Gasteiger charge is 2.33. The Balaban J connectivity index is 1.66. The molecule has 0 N–H and O–H groups in total. The van der Waals surface area contributed by atoms with Crippen molar-refractivity contribution < 1.29 is 4.74 Å². The van der Waals surface area contributed by atoms with E-state index in [1.165, 1.54) is 19.3 Å². The highest BCUT2D eigenvalue weighted by Crippen LogP contribution is 2.33. The summed E-state index contributed by atoms with van der Waals surface area (Å²) in [5.74, 6) is 1.38. The van der Waals surface area contributed by atoms with Crippen LogP contribution >= 0.6 is 0 Å². The SMILES string of the molecule is Cn1c(N2CCOC(C3CCC3)C2)nc(-c2ccncc2)cc1=O. The topological polar surface area (TPSA) is 60.2 Å². The van der Waals surface area contributed by atoms with Gasteiger partial charge in [0, 0.05) is 44.2 Å². The molecule has 0 radical (unpaired) electrons. The number of morpholine rings is 1. The second kappa shape index (κ2) is 6.36. The van der Waals surface area contributed by atoms with E-state index in [0.29, 0.717) is 18.2 Å². The maximum absolute atomic E-state index is 12.4. The Hall–Kier alpha value is -2.21. The number of aromatic nitrogens is 3. The van der Waals surface area contributed by atoms with Crippen LogP contribution in [-0.2, 0) is 11.8 Å².